The van der Waals surface area contributed by atoms with E-state index in [0.29, 0.717) is 23.3 Å². The molecule has 3 aromatic rings. The highest BCUT2D eigenvalue weighted by atomic mass is 32.2. The number of nitrogens with zero attached hydrogens (tertiary/aromatic N) is 3. The number of carbonyl (C=O) groups excluding carboxylic acids is 1. The molecule has 1 aliphatic rings. The number of benzene rings is 2. The van der Waals surface area contributed by atoms with Crippen LogP contribution in [0.2, 0.25) is 0 Å². The van der Waals surface area contributed by atoms with Gasteiger partial charge in [0.15, 0.2) is 0 Å². The van der Waals surface area contributed by atoms with E-state index in [-0.39, 0.29) is 5.91 Å². The molecular weight excluding hydrogens is 434 g/mol. The van der Waals surface area contributed by atoms with E-state index in [2.05, 4.69) is 17.6 Å². The van der Waals surface area contributed by atoms with Gasteiger partial charge in [0, 0.05) is 22.7 Å². The molecule has 33 heavy (non-hydrogen) atoms. The molecule has 0 saturated carbocycles. The van der Waals surface area contributed by atoms with Crippen molar-refractivity contribution in [2.45, 2.75) is 44.8 Å². The summed E-state index contributed by atoms with van der Waals surface area (Å²) >= 11 is 1.63. The first-order chi connectivity index (χ1) is 16.1. The van der Waals surface area contributed by atoms with Crippen molar-refractivity contribution < 1.29 is 9.53 Å². The minimum absolute atomic E-state index is 0.191. The lowest BCUT2D eigenvalue weighted by Crippen LogP contribution is -2.31. The fraction of sp³-hybridized carbons (Fsp3) is 0.320. The van der Waals surface area contributed by atoms with Crippen molar-refractivity contribution in [2.24, 2.45) is 0 Å². The zero-order valence-corrected chi connectivity index (χ0v) is 20.0. The number of hydrogen-bond acceptors (Lipinski definition) is 6. The Labute approximate surface area is 198 Å². The summed E-state index contributed by atoms with van der Waals surface area (Å²) in [5, 5.41) is 11.8. The van der Waals surface area contributed by atoms with E-state index in [1.807, 2.05) is 68.4 Å². The second-order valence-electron chi connectivity index (χ2n) is 7.72. The van der Waals surface area contributed by atoms with E-state index in [0.717, 1.165) is 41.3 Å². The number of rotatable bonds is 9. The predicted octanol–water partition coefficient (Wildman–Crippen LogP) is 5.50. The minimum atomic E-state index is -0.472. The molecule has 2 N–H and O–H groups in total. The number of ether oxygens (including phenoxy) is 1. The van der Waals surface area contributed by atoms with Crippen LogP contribution in [0.15, 0.2) is 71.0 Å². The van der Waals surface area contributed by atoms with E-state index in [9.17, 15) is 4.79 Å². The number of fused-ring (bicyclic) bond motifs is 1. The van der Waals surface area contributed by atoms with Crippen LogP contribution in [0.3, 0.4) is 0 Å². The Balaban J connectivity index is 1.77. The Morgan fingerprint density at radius 1 is 1.15 bits per heavy atom. The number of allylic oxidation sites excluding steroid dienone is 1. The Kier molecular flexibility index (Phi) is 7.34. The van der Waals surface area contributed by atoms with Gasteiger partial charge in [-0.25, -0.2) is 4.68 Å². The molecule has 1 aliphatic heterocycles. The van der Waals surface area contributed by atoms with Crippen molar-refractivity contribution in [2.75, 3.05) is 23.0 Å². The van der Waals surface area contributed by atoms with Crippen molar-refractivity contribution in [3.63, 3.8) is 0 Å². The van der Waals surface area contributed by atoms with E-state index < -0.39 is 6.04 Å². The number of para-hydroxylation sites is 2. The average molecular weight is 464 g/mol. The molecule has 1 unspecified atom stereocenters. The van der Waals surface area contributed by atoms with Crippen LogP contribution >= 0.6 is 11.8 Å². The molecule has 2 aromatic carbocycles. The Hall–Kier alpha value is -3.26. The highest BCUT2D eigenvalue weighted by Crippen LogP contribution is 2.40. The summed E-state index contributed by atoms with van der Waals surface area (Å²) in [6.45, 7) is 6.54. The molecule has 0 bridgehead atoms. The fourth-order valence-electron chi connectivity index (χ4n) is 3.80. The summed E-state index contributed by atoms with van der Waals surface area (Å²) in [6, 6.07) is 16.8. The quantitative estimate of drug-likeness (QED) is 0.322. The molecule has 0 saturated heterocycles. The van der Waals surface area contributed by atoms with Gasteiger partial charge in [0.2, 0.25) is 11.1 Å². The first kappa shape index (κ1) is 22.9. The molecule has 2 heterocycles. The van der Waals surface area contributed by atoms with Crippen molar-refractivity contribution in [1.29, 1.82) is 0 Å². The third-order valence-electron chi connectivity index (χ3n) is 5.35. The van der Waals surface area contributed by atoms with E-state index in [4.69, 9.17) is 14.8 Å². The minimum Gasteiger partial charge on any atom is -0.494 e. The molecule has 0 spiro atoms. The van der Waals surface area contributed by atoms with Crippen molar-refractivity contribution >= 4 is 29.3 Å². The van der Waals surface area contributed by atoms with E-state index >= 15 is 0 Å². The summed E-state index contributed by atoms with van der Waals surface area (Å²) in [4.78, 5) is 18.2. The number of aromatic nitrogens is 3. The first-order valence-corrected chi connectivity index (χ1v) is 12.3. The maximum Gasteiger partial charge on any atom is 0.255 e. The zero-order valence-electron chi connectivity index (χ0n) is 19.2. The summed E-state index contributed by atoms with van der Waals surface area (Å²) < 4.78 is 7.74. The summed E-state index contributed by atoms with van der Waals surface area (Å²) in [5.74, 6) is 2.11. The lowest BCUT2D eigenvalue weighted by molar-refractivity contribution is -0.113. The van der Waals surface area contributed by atoms with E-state index in [1.54, 1.807) is 16.4 Å². The highest BCUT2D eigenvalue weighted by molar-refractivity contribution is 7.99. The van der Waals surface area contributed by atoms with Crippen LogP contribution in [-0.2, 0) is 4.79 Å². The fourth-order valence-corrected chi connectivity index (χ4v) is 4.71. The number of hydrogen-bond donors (Lipinski definition) is 2. The number of unbranched alkanes of at least 4 members (excludes halogenated alkanes) is 1. The van der Waals surface area contributed by atoms with Gasteiger partial charge in [-0.3, -0.25) is 4.79 Å². The number of amides is 1. The first-order valence-electron chi connectivity index (χ1n) is 11.3. The Morgan fingerprint density at radius 3 is 2.67 bits per heavy atom. The topological polar surface area (TPSA) is 81.1 Å². The number of carbonyl (C=O) groups is 1. The maximum absolute atomic E-state index is 13.5. The van der Waals surface area contributed by atoms with Crippen molar-refractivity contribution in [3.8, 4) is 5.75 Å². The van der Waals surface area contributed by atoms with Crippen LogP contribution in [0, 0.1) is 0 Å². The van der Waals surface area contributed by atoms with Gasteiger partial charge in [0.25, 0.3) is 5.91 Å². The van der Waals surface area contributed by atoms with Gasteiger partial charge in [-0.15, -0.1) is 5.10 Å². The Bertz CT molecular complexity index is 1140. The van der Waals surface area contributed by atoms with Crippen LogP contribution < -0.4 is 15.4 Å². The number of anilines is 2. The smallest absolute Gasteiger partial charge is 0.255 e. The normalized spacial score (nSPS) is 15.1. The third-order valence-corrected chi connectivity index (χ3v) is 6.28. The summed E-state index contributed by atoms with van der Waals surface area (Å²) in [7, 11) is 0. The lowest BCUT2D eigenvalue weighted by atomic mass is 9.94. The number of thioether (sulfide) groups is 1. The molecule has 4 rings (SSSR count). The van der Waals surface area contributed by atoms with Crippen LogP contribution in [0.25, 0.3) is 0 Å². The predicted molar refractivity (Wildman–Crippen MR) is 133 cm³/mol. The van der Waals surface area contributed by atoms with Gasteiger partial charge in [-0.2, -0.15) is 4.98 Å². The van der Waals surface area contributed by atoms with Crippen LogP contribution in [-0.4, -0.2) is 33.0 Å². The largest absolute Gasteiger partial charge is 0.494 e. The van der Waals surface area contributed by atoms with Crippen molar-refractivity contribution in [1.82, 2.24) is 14.8 Å². The second-order valence-corrected chi connectivity index (χ2v) is 8.78. The van der Waals surface area contributed by atoms with Gasteiger partial charge in [0.05, 0.1) is 12.2 Å². The monoisotopic (exact) mass is 463 g/mol. The summed E-state index contributed by atoms with van der Waals surface area (Å²) in [5.41, 5.74) is 2.92. The molecule has 1 amide bonds. The number of nitrogens with one attached hydrogen (secondary N) is 2. The van der Waals surface area contributed by atoms with Gasteiger partial charge in [0.1, 0.15) is 11.8 Å². The molecule has 1 aromatic heterocycles. The van der Waals surface area contributed by atoms with Gasteiger partial charge in [-0.05, 0) is 38.5 Å². The molecule has 1 atom stereocenters. The molecule has 7 nitrogen and oxygen atoms in total. The highest BCUT2D eigenvalue weighted by Gasteiger charge is 2.36. The molecule has 172 valence electrons. The molecule has 8 heteroatoms. The standard InChI is InChI=1S/C25H29N5O2S/c1-4-6-16-33-25-28-24-26-17(3)21(23(31)27-18-12-8-7-9-13-18)22(30(24)29-25)19-14-10-11-15-20(19)32-5-2/h7-15,22H,4-6,16H2,1-3H3,(H,27,31)(H,26,28,29). The van der Waals surface area contributed by atoms with Crippen molar-refractivity contribution in [3.05, 3.63) is 71.4 Å². The average Bonchev–Trinajstić information content (AvgIpc) is 3.22. The molecule has 0 radical (unpaired) electrons. The molecular formula is C25H29N5O2S. The molecule has 0 fully saturated rings. The molecule has 0 aliphatic carbocycles. The Morgan fingerprint density at radius 2 is 1.91 bits per heavy atom. The SMILES string of the molecule is CCCCSc1nc2n(n1)C(c1ccccc1OCC)C(C(=O)Nc1ccccc1)=C(C)N2. The zero-order chi connectivity index (χ0) is 23.2. The second kappa shape index (κ2) is 10.6. The van der Waals surface area contributed by atoms with Crippen LogP contribution in [0.1, 0.15) is 45.2 Å². The van der Waals surface area contributed by atoms with Gasteiger partial charge in [-0.1, -0.05) is 61.5 Å². The maximum atomic E-state index is 13.5. The van der Waals surface area contributed by atoms with Crippen LogP contribution in [0.4, 0.5) is 11.6 Å². The summed E-state index contributed by atoms with van der Waals surface area (Å²) in [6.07, 6.45) is 2.22. The third kappa shape index (κ3) is 5.06. The van der Waals surface area contributed by atoms with Crippen LogP contribution in [0.5, 0.6) is 5.75 Å². The van der Waals surface area contributed by atoms with Gasteiger partial charge >= 0.3 is 0 Å². The van der Waals surface area contributed by atoms with Gasteiger partial charge < -0.3 is 15.4 Å². The van der Waals surface area contributed by atoms with E-state index in [1.165, 1.54) is 0 Å². The lowest BCUT2D eigenvalue weighted by Gasteiger charge is -2.29.